The standard InChI is InChI=1S/C21H24N4O6/c1-21(2)30-17(15(10-27-3)29-13-26)20(31-21)25-12-24-16-18(25)22-11-23-19(16)28-9-14-7-5-4-6-8-14/h4-8,11-13,15,17,20H,9-10H2,1-3H3/t15-,17-,20+/m1/s1. The highest BCUT2D eigenvalue weighted by molar-refractivity contribution is 5.76. The molecule has 0 saturated carbocycles. The van der Waals surface area contributed by atoms with Crippen LogP contribution in [0.2, 0.25) is 0 Å². The number of rotatable bonds is 9. The molecule has 10 nitrogen and oxygen atoms in total. The molecule has 3 heterocycles. The van der Waals surface area contributed by atoms with Crippen molar-refractivity contribution in [1.29, 1.82) is 0 Å². The molecule has 164 valence electrons. The molecule has 0 amide bonds. The van der Waals surface area contributed by atoms with Crippen LogP contribution < -0.4 is 4.74 Å². The Labute approximate surface area is 179 Å². The number of fused-ring (bicyclic) bond motifs is 1. The number of hydrogen-bond acceptors (Lipinski definition) is 9. The fourth-order valence-corrected chi connectivity index (χ4v) is 3.54. The van der Waals surface area contributed by atoms with Crippen molar-refractivity contribution in [1.82, 2.24) is 19.5 Å². The largest absolute Gasteiger partial charge is 0.471 e. The third-order valence-corrected chi connectivity index (χ3v) is 4.85. The molecular weight excluding hydrogens is 404 g/mol. The molecule has 0 bridgehead atoms. The minimum Gasteiger partial charge on any atom is -0.471 e. The molecule has 0 spiro atoms. The average Bonchev–Trinajstić information content (AvgIpc) is 3.33. The zero-order valence-electron chi connectivity index (χ0n) is 17.5. The summed E-state index contributed by atoms with van der Waals surface area (Å²) in [6.07, 6.45) is 1.02. The highest BCUT2D eigenvalue weighted by Gasteiger charge is 2.48. The summed E-state index contributed by atoms with van der Waals surface area (Å²) in [4.78, 5) is 24.1. The Morgan fingerprint density at radius 3 is 2.74 bits per heavy atom. The zero-order valence-corrected chi connectivity index (χ0v) is 17.5. The molecule has 1 aliphatic heterocycles. The van der Waals surface area contributed by atoms with Crippen LogP contribution in [-0.2, 0) is 30.3 Å². The number of methoxy groups -OCH3 is 1. The maximum atomic E-state index is 11.0. The molecule has 1 aliphatic rings. The normalized spacial score (nSPS) is 21.1. The maximum Gasteiger partial charge on any atom is 0.293 e. The van der Waals surface area contributed by atoms with Gasteiger partial charge in [0.25, 0.3) is 6.47 Å². The Morgan fingerprint density at radius 2 is 2.00 bits per heavy atom. The van der Waals surface area contributed by atoms with Crippen molar-refractivity contribution < 1.29 is 28.5 Å². The van der Waals surface area contributed by atoms with Crippen LogP contribution in [0.5, 0.6) is 5.88 Å². The highest BCUT2D eigenvalue weighted by atomic mass is 16.8. The molecule has 0 radical (unpaired) electrons. The molecule has 10 heteroatoms. The van der Waals surface area contributed by atoms with E-state index in [1.807, 2.05) is 30.3 Å². The van der Waals surface area contributed by atoms with Gasteiger partial charge in [0.1, 0.15) is 19.0 Å². The Bertz CT molecular complexity index is 1030. The molecule has 0 unspecified atom stereocenters. The van der Waals surface area contributed by atoms with Crippen molar-refractivity contribution in [3.05, 3.63) is 48.5 Å². The number of nitrogens with zero attached hydrogens (tertiary/aromatic N) is 4. The van der Waals surface area contributed by atoms with Crippen molar-refractivity contribution >= 4 is 17.6 Å². The van der Waals surface area contributed by atoms with E-state index >= 15 is 0 Å². The molecule has 1 aromatic carbocycles. The second-order valence-corrected chi connectivity index (χ2v) is 7.49. The first kappa shape index (κ1) is 21.2. The summed E-state index contributed by atoms with van der Waals surface area (Å²) >= 11 is 0. The Balaban J connectivity index is 1.64. The van der Waals surface area contributed by atoms with Gasteiger partial charge in [0.2, 0.25) is 5.88 Å². The fraction of sp³-hybridized carbons (Fsp3) is 0.429. The van der Waals surface area contributed by atoms with Crippen LogP contribution in [-0.4, -0.2) is 57.7 Å². The van der Waals surface area contributed by atoms with Gasteiger partial charge in [-0.15, -0.1) is 0 Å². The monoisotopic (exact) mass is 428 g/mol. The topological polar surface area (TPSA) is 107 Å². The van der Waals surface area contributed by atoms with Gasteiger partial charge in [-0.1, -0.05) is 30.3 Å². The molecule has 2 aromatic heterocycles. The highest BCUT2D eigenvalue weighted by Crippen LogP contribution is 2.39. The molecule has 4 rings (SSSR count). The Morgan fingerprint density at radius 1 is 1.19 bits per heavy atom. The number of imidazole rings is 1. The summed E-state index contributed by atoms with van der Waals surface area (Å²) in [5.74, 6) is -0.552. The molecular formula is C21H24N4O6. The van der Waals surface area contributed by atoms with E-state index in [4.69, 9.17) is 23.7 Å². The van der Waals surface area contributed by atoms with E-state index in [0.717, 1.165) is 5.56 Å². The molecule has 3 aromatic rings. The van der Waals surface area contributed by atoms with Crippen molar-refractivity contribution in [2.45, 2.75) is 44.7 Å². The van der Waals surface area contributed by atoms with E-state index in [-0.39, 0.29) is 6.61 Å². The van der Waals surface area contributed by atoms with E-state index in [1.54, 1.807) is 24.7 Å². The van der Waals surface area contributed by atoms with Gasteiger partial charge in [0.15, 0.2) is 29.3 Å². The average molecular weight is 428 g/mol. The van der Waals surface area contributed by atoms with E-state index in [2.05, 4.69) is 15.0 Å². The van der Waals surface area contributed by atoms with Crippen molar-refractivity contribution in [2.24, 2.45) is 0 Å². The van der Waals surface area contributed by atoms with Gasteiger partial charge in [-0.3, -0.25) is 9.36 Å². The predicted octanol–water partition coefficient (Wildman–Crippen LogP) is 2.24. The molecule has 1 saturated heterocycles. The van der Waals surface area contributed by atoms with Gasteiger partial charge >= 0.3 is 0 Å². The summed E-state index contributed by atoms with van der Waals surface area (Å²) in [5.41, 5.74) is 2.01. The SMILES string of the molecule is COC[C@@H](OC=O)[C@H]1OC(C)(C)O[C@@H]1n1cnc2c(OCc3ccccc3)ncnc21. The van der Waals surface area contributed by atoms with E-state index in [9.17, 15) is 4.79 Å². The van der Waals surface area contributed by atoms with Crippen molar-refractivity contribution in [3.63, 3.8) is 0 Å². The molecule has 3 atom stereocenters. The number of ether oxygens (including phenoxy) is 5. The van der Waals surface area contributed by atoms with Gasteiger partial charge < -0.3 is 23.7 Å². The van der Waals surface area contributed by atoms with Gasteiger partial charge in [0.05, 0.1) is 12.9 Å². The first-order chi connectivity index (χ1) is 15.0. The van der Waals surface area contributed by atoms with Crippen molar-refractivity contribution in [3.8, 4) is 5.88 Å². The smallest absolute Gasteiger partial charge is 0.293 e. The first-order valence-corrected chi connectivity index (χ1v) is 9.80. The van der Waals surface area contributed by atoms with E-state index in [1.165, 1.54) is 13.4 Å². The predicted molar refractivity (Wildman–Crippen MR) is 108 cm³/mol. The van der Waals surface area contributed by atoms with Crippen LogP contribution >= 0.6 is 0 Å². The van der Waals surface area contributed by atoms with Gasteiger partial charge in [-0.05, 0) is 19.4 Å². The number of aromatic nitrogens is 4. The van der Waals surface area contributed by atoms with Crippen LogP contribution in [0.1, 0.15) is 25.6 Å². The summed E-state index contributed by atoms with van der Waals surface area (Å²) in [7, 11) is 1.52. The van der Waals surface area contributed by atoms with Crippen LogP contribution in [0.3, 0.4) is 0 Å². The van der Waals surface area contributed by atoms with Crippen LogP contribution in [0.25, 0.3) is 11.2 Å². The fourth-order valence-electron chi connectivity index (χ4n) is 3.54. The molecule has 0 aliphatic carbocycles. The van der Waals surface area contributed by atoms with Gasteiger partial charge in [-0.25, -0.2) is 9.97 Å². The minimum atomic E-state index is -0.913. The number of benzene rings is 1. The molecule has 1 fully saturated rings. The second kappa shape index (κ2) is 8.96. The van der Waals surface area contributed by atoms with Crippen LogP contribution in [0.15, 0.2) is 43.0 Å². The Hall–Kier alpha value is -3.08. The quantitative estimate of drug-likeness (QED) is 0.474. The van der Waals surface area contributed by atoms with Crippen LogP contribution in [0, 0.1) is 0 Å². The van der Waals surface area contributed by atoms with E-state index in [0.29, 0.717) is 30.1 Å². The lowest BCUT2D eigenvalue weighted by Crippen LogP contribution is -2.38. The summed E-state index contributed by atoms with van der Waals surface area (Å²) in [5, 5.41) is 0. The van der Waals surface area contributed by atoms with E-state index < -0.39 is 24.2 Å². The number of carbonyl (C=O) groups is 1. The summed E-state index contributed by atoms with van der Waals surface area (Å²) in [6.45, 7) is 4.44. The third kappa shape index (κ3) is 4.50. The lowest BCUT2D eigenvalue weighted by atomic mass is 10.2. The summed E-state index contributed by atoms with van der Waals surface area (Å²) in [6, 6.07) is 9.77. The molecule has 31 heavy (non-hydrogen) atoms. The maximum absolute atomic E-state index is 11.0. The van der Waals surface area contributed by atoms with Crippen molar-refractivity contribution in [2.75, 3.05) is 13.7 Å². The Kier molecular flexibility index (Phi) is 6.12. The van der Waals surface area contributed by atoms with Gasteiger partial charge in [0, 0.05) is 7.11 Å². The number of carbonyl (C=O) groups excluding carboxylic acids is 1. The van der Waals surface area contributed by atoms with Crippen LogP contribution in [0.4, 0.5) is 0 Å². The van der Waals surface area contributed by atoms with Gasteiger partial charge in [-0.2, -0.15) is 4.98 Å². The second-order valence-electron chi connectivity index (χ2n) is 7.49. The summed E-state index contributed by atoms with van der Waals surface area (Å²) < 4.78 is 30.1. The zero-order chi connectivity index (χ0) is 21.8. The minimum absolute atomic E-state index is 0.145. The third-order valence-electron chi connectivity index (χ3n) is 4.85. The molecule has 0 N–H and O–H groups in total. The number of hydrogen-bond donors (Lipinski definition) is 0. The first-order valence-electron chi connectivity index (χ1n) is 9.80. The lowest BCUT2D eigenvalue weighted by Gasteiger charge is -2.25. The lowest BCUT2D eigenvalue weighted by molar-refractivity contribution is -0.169.